The van der Waals surface area contributed by atoms with E-state index in [0.29, 0.717) is 64.2 Å². The number of aliphatic hydroxyl groups excluding tert-OH is 1. The summed E-state index contributed by atoms with van der Waals surface area (Å²) in [6, 6.07) is 2.68. The number of anilines is 2. The minimum atomic E-state index is -1.35. The third-order valence-electron chi connectivity index (χ3n) is 9.08. The minimum absolute atomic E-state index is 0.0274. The van der Waals surface area contributed by atoms with Crippen molar-refractivity contribution in [2.24, 2.45) is 13.0 Å². The van der Waals surface area contributed by atoms with Gasteiger partial charge in [-0.2, -0.15) is 0 Å². The highest BCUT2D eigenvalue weighted by Crippen LogP contribution is 2.45. The monoisotopic (exact) mass is 589 g/mol. The van der Waals surface area contributed by atoms with Crippen molar-refractivity contribution in [3.8, 4) is 11.1 Å². The molecule has 2 aliphatic rings. The van der Waals surface area contributed by atoms with Crippen molar-refractivity contribution in [3.63, 3.8) is 0 Å². The Kier molecular flexibility index (Phi) is 6.15. The molecule has 3 unspecified atom stereocenters. The average Bonchev–Trinajstić information content (AvgIpc) is 3.61. The molecule has 7 rings (SSSR count). The lowest BCUT2D eigenvalue weighted by atomic mass is 9.90. The van der Waals surface area contributed by atoms with Gasteiger partial charge in [-0.05, 0) is 19.5 Å². The Bertz CT molecular complexity index is 2020. The number of fused-ring (bicyclic) bond motifs is 5. The molecule has 0 aliphatic carbocycles. The van der Waals surface area contributed by atoms with Crippen LogP contribution in [0.5, 0.6) is 0 Å². The quantitative estimate of drug-likeness (QED) is 0.249. The van der Waals surface area contributed by atoms with E-state index >= 15 is 4.39 Å². The highest BCUT2D eigenvalue weighted by atomic mass is 19.2. The number of likely N-dealkylation sites (tertiary alicyclic amines) is 1. The van der Waals surface area contributed by atoms with Crippen LogP contribution in [0.1, 0.15) is 16.8 Å². The Morgan fingerprint density at radius 2 is 1.93 bits per heavy atom. The van der Waals surface area contributed by atoms with Gasteiger partial charge in [0, 0.05) is 81.5 Å². The maximum atomic E-state index is 15.7. The number of benzene rings is 1. The fourth-order valence-corrected chi connectivity index (χ4v) is 6.90. The summed E-state index contributed by atoms with van der Waals surface area (Å²) in [6.45, 7) is 1.70. The number of nitrogens with zero attached hydrogens (tertiary/aromatic N) is 5. The number of pyridine rings is 3. The number of likely N-dealkylation sites (N-methyl/N-ethyl adjacent to an activating group) is 1. The van der Waals surface area contributed by atoms with E-state index < -0.39 is 34.7 Å². The number of hydrogen-bond acceptors (Lipinski definition) is 8. The summed E-state index contributed by atoms with van der Waals surface area (Å²) >= 11 is 0. The Labute approximate surface area is 243 Å². The first-order valence-corrected chi connectivity index (χ1v) is 14.0. The highest BCUT2D eigenvalue weighted by molar-refractivity contribution is 6.18. The van der Waals surface area contributed by atoms with Crippen molar-refractivity contribution in [2.45, 2.75) is 18.6 Å². The molecule has 2 aliphatic heterocycles. The van der Waals surface area contributed by atoms with Crippen LogP contribution >= 0.6 is 0 Å². The Balaban J connectivity index is 1.54. The summed E-state index contributed by atoms with van der Waals surface area (Å²) in [7, 11) is 5.24. The van der Waals surface area contributed by atoms with Gasteiger partial charge < -0.3 is 34.9 Å². The number of carboxylic acids is 1. The van der Waals surface area contributed by atoms with Crippen LogP contribution in [0.25, 0.3) is 44.1 Å². The Morgan fingerprint density at radius 1 is 1.14 bits per heavy atom. The average molecular weight is 590 g/mol. The van der Waals surface area contributed by atoms with Gasteiger partial charge in [0.2, 0.25) is 5.43 Å². The first kappa shape index (κ1) is 27.2. The number of nitrogens with one attached hydrogen (secondary N) is 2. The number of rotatable bonds is 4. The van der Waals surface area contributed by atoms with Gasteiger partial charge in [0.25, 0.3) is 0 Å². The predicted molar refractivity (Wildman–Crippen MR) is 159 cm³/mol. The van der Waals surface area contributed by atoms with E-state index in [1.54, 1.807) is 32.6 Å². The summed E-state index contributed by atoms with van der Waals surface area (Å²) in [4.78, 5) is 41.5. The summed E-state index contributed by atoms with van der Waals surface area (Å²) in [5, 5.41) is 23.9. The topological polar surface area (TPSA) is 140 Å². The number of aromatic carboxylic acids is 1. The molecule has 2 fully saturated rings. The third-order valence-corrected chi connectivity index (χ3v) is 9.08. The van der Waals surface area contributed by atoms with E-state index in [0.717, 1.165) is 12.6 Å². The van der Waals surface area contributed by atoms with Crippen LogP contribution in [0.3, 0.4) is 0 Å². The zero-order chi connectivity index (χ0) is 30.3. The smallest absolute Gasteiger partial charge is 0.341 e. The van der Waals surface area contributed by atoms with Crippen LogP contribution in [-0.2, 0) is 7.05 Å². The molecule has 6 heterocycles. The number of aryl methyl sites for hydroxylation is 1. The highest BCUT2D eigenvalue weighted by Gasteiger charge is 2.43. The van der Waals surface area contributed by atoms with Crippen molar-refractivity contribution in [2.75, 3.05) is 43.9 Å². The van der Waals surface area contributed by atoms with Gasteiger partial charge in [0.05, 0.1) is 39.2 Å². The SMILES string of the molecule is CNc1cc(F)c(F)c2c1[nH]c1ncc(-c3cnc4c(c3)c(=O)c(C(=O)O)cn4C)c(N3CC4C(O)CCN(C)C4C3)c12. The number of aliphatic hydroxyl groups is 1. The molecule has 0 saturated carbocycles. The van der Waals surface area contributed by atoms with Gasteiger partial charge in [0.15, 0.2) is 11.6 Å². The van der Waals surface area contributed by atoms with E-state index in [1.165, 1.54) is 10.8 Å². The first-order valence-electron chi connectivity index (χ1n) is 14.0. The summed E-state index contributed by atoms with van der Waals surface area (Å²) in [5.41, 5.74) is 1.82. The Morgan fingerprint density at radius 3 is 2.65 bits per heavy atom. The van der Waals surface area contributed by atoms with Gasteiger partial charge in [-0.1, -0.05) is 0 Å². The molecular formula is C30H29F2N7O4. The Hall–Kier alpha value is -4.62. The van der Waals surface area contributed by atoms with Crippen molar-refractivity contribution >= 4 is 50.3 Å². The van der Waals surface area contributed by atoms with Gasteiger partial charge in [-0.25, -0.2) is 23.5 Å². The number of halogens is 2. The van der Waals surface area contributed by atoms with Crippen LogP contribution in [0, 0.1) is 17.6 Å². The van der Waals surface area contributed by atoms with Crippen LogP contribution in [0.15, 0.2) is 35.5 Å². The molecule has 0 bridgehead atoms. The van der Waals surface area contributed by atoms with Gasteiger partial charge in [-0.3, -0.25) is 4.79 Å². The van der Waals surface area contributed by atoms with Crippen molar-refractivity contribution in [3.05, 3.63) is 58.1 Å². The second-order valence-electron chi connectivity index (χ2n) is 11.4. The number of carbonyl (C=O) groups is 1. The van der Waals surface area contributed by atoms with E-state index in [-0.39, 0.29) is 22.7 Å². The normalized spacial score (nSPS) is 20.8. The number of aromatic nitrogens is 4. The molecule has 3 atom stereocenters. The van der Waals surface area contributed by atoms with E-state index in [2.05, 4.69) is 30.1 Å². The molecule has 2 saturated heterocycles. The number of carboxylic acid groups (broad SMARTS) is 1. The molecule has 222 valence electrons. The van der Waals surface area contributed by atoms with Gasteiger partial charge in [-0.15, -0.1) is 0 Å². The summed E-state index contributed by atoms with van der Waals surface area (Å²) in [6.07, 6.45) is 4.50. The van der Waals surface area contributed by atoms with Crippen molar-refractivity contribution in [1.29, 1.82) is 0 Å². The van der Waals surface area contributed by atoms with Crippen LogP contribution in [0.2, 0.25) is 0 Å². The zero-order valence-electron chi connectivity index (χ0n) is 23.7. The molecular weight excluding hydrogens is 560 g/mol. The second kappa shape index (κ2) is 9.71. The van der Waals surface area contributed by atoms with Crippen LogP contribution < -0.4 is 15.6 Å². The number of H-pyrrole nitrogens is 1. The molecule has 1 aromatic carbocycles. The molecule has 4 N–H and O–H groups in total. The second-order valence-corrected chi connectivity index (χ2v) is 11.4. The molecule has 13 heteroatoms. The lowest BCUT2D eigenvalue weighted by Gasteiger charge is -2.36. The maximum absolute atomic E-state index is 15.7. The van der Waals surface area contributed by atoms with E-state index in [4.69, 9.17) is 0 Å². The summed E-state index contributed by atoms with van der Waals surface area (Å²) in [5.74, 6) is -3.47. The predicted octanol–water partition coefficient (Wildman–Crippen LogP) is 3.15. The third kappa shape index (κ3) is 3.98. The standard InChI is InChI=1S/C30H29F2N7O4/c1-33-19-7-18(31)24(32)22-23-26(39-11-16-20(12-39)37(2)5-4-21(16)40)15(9-34-28(23)36-25(19)22)13-6-14-27(41)17(30(42)43)10-38(3)29(14)35-8-13/h6-10,16,20-21,33,40H,4-5,11-12H2,1-3H3,(H,34,36)(H,42,43). The molecule has 0 radical (unpaired) electrons. The fraction of sp³-hybridized carbons (Fsp3) is 0.333. The minimum Gasteiger partial charge on any atom is -0.477 e. The molecule has 11 nitrogen and oxygen atoms in total. The van der Waals surface area contributed by atoms with Gasteiger partial charge >= 0.3 is 5.97 Å². The zero-order valence-corrected chi connectivity index (χ0v) is 23.7. The van der Waals surface area contributed by atoms with Crippen LogP contribution in [-0.4, -0.2) is 86.5 Å². The fourth-order valence-electron chi connectivity index (χ4n) is 6.90. The van der Waals surface area contributed by atoms with Crippen molar-refractivity contribution < 1.29 is 23.8 Å². The first-order chi connectivity index (χ1) is 20.6. The number of hydrogen-bond donors (Lipinski definition) is 4. The number of piperidine rings is 1. The molecule has 0 spiro atoms. The molecule has 4 aromatic heterocycles. The van der Waals surface area contributed by atoms with E-state index in [1.807, 2.05) is 7.05 Å². The molecule has 0 amide bonds. The van der Waals surface area contributed by atoms with E-state index in [9.17, 15) is 24.2 Å². The largest absolute Gasteiger partial charge is 0.477 e. The lowest BCUT2D eigenvalue weighted by Crippen LogP contribution is -2.48. The lowest BCUT2D eigenvalue weighted by molar-refractivity contribution is 0.0185. The molecule has 43 heavy (non-hydrogen) atoms. The van der Waals surface area contributed by atoms with Crippen LogP contribution in [0.4, 0.5) is 20.2 Å². The molecule has 5 aromatic rings. The number of aromatic amines is 1. The summed E-state index contributed by atoms with van der Waals surface area (Å²) < 4.78 is 32.1. The van der Waals surface area contributed by atoms with Crippen molar-refractivity contribution in [1.82, 2.24) is 24.4 Å². The maximum Gasteiger partial charge on any atom is 0.341 e. The van der Waals surface area contributed by atoms with Gasteiger partial charge in [0.1, 0.15) is 16.9 Å².